The van der Waals surface area contributed by atoms with Gasteiger partial charge in [-0.15, -0.1) is 0 Å². The maximum absolute atomic E-state index is 8.82. The molecule has 0 bridgehead atoms. The number of hydrogen-bond donors (Lipinski definition) is 3. The lowest BCUT2D eigenvalue weighted by Gasteiger charge is -2.05. The van der Waals surface area contributed by atoms with E-state index in [1.807, 2.05) is 0 Å². The van der Waals surface area contributed by atoms with Crippen molar-refractivity contribution >= 4 is 29.9 Å². The van der Waals surface area contributed by atoms with Crippen molar-refractivity contribution in [3.63, 3.8) is 0 Å². The normalized spacial score (nSPS) is 9.67. The SMILES string of the molecule is CNc1cc(B(O)O)ccc1Cl. The molecule has 0 unspecified atom stereocenters. The summed E-state index contributed by atoms with van der Waals surface area (Å²) in [7, 11) is 0.267. The van der Waals surface area contributed by atoms with E-state index in [4.69, 9.17) is 21.6 Å². The van der Waals surface area contributed by atoms with Crippen LogP contribution >= 0.6 is 11.6 Å². The maximum Gasteiger partial charge on any atom is 0.488 e. The second-order valence-corrected chi connectivity index (χ2v) is 2.77. The first-order chi connectivity index (χ1) is 5.65. The van der Waals surface area contributed by atoms with Gasteiger partial charge in [-0.05, 0) is 17.6 Å². The molecular weight excluding hydrogens is 176 g/mol. The highest BCUT2D eigenvalue weighted by molar-refractivity contribution is 6.58. The molecule has 0 saturated heterocycles. The number of nitrogens with one attached hydrogen (secondary N) is 1. The molecule has 0 aliphatic heterocycles. The van der Waals surface area contributed by atoms with Gasteiger partial charge in [-0.3, -0.25) is 0 Å². The largest absolute Gasteiger partial charge is 0.488 e. The van der Waals surface area contributed by atoms with Gasteiger partial charge in [0.1, 0.15) is 0 Å². The van der Waals surface area contributed by atoms with Gasteiger partial charge in [-0.1, -0.05) is 17.7 Å². The van der Waals surface area contributed by atoms with Crippen LogP contribution in [-0.4, -0.2) is 24.2 Å². The van der Waals surface area contributed by atoms with Gasteiger partial charge in [-0.2, -0.15) is 0 Å². The monoisotopic (exact) mass is 185 g/mol. The second kappa shape index (κ2) is 3.80. The molecule has 1 rings (SSSR count). The Labute approximate surface area is 76.1 Å². The van der Waals surface area contributed by atoms with Crippen molar-refractivity contribution < 1.29 is 10.0 Å². The predicted octanol–water partition coefficient (Wildman–Crippen LogP) is 0.0615. The van der Waals surface area contributed by atoms with Crippen molar-refractivity contribution in [2.24, 2.45) is 0 Å². The number of hydrogen-bond acceptors (Lipinski definition) is 3. The van der Waals surface area contributed by atoms with E-state index in [-0.39, 0.29) is 0 Å². The molecule has 3 N–H and O–H groups in total. The number of anilines is 1. The van der Waals surface area contributed by atoms with Crippen LogP contribution in [0.1, 0.15) is 0 Å². The third kappa shape index (κ3) is 1.91. The van der Waals surface area contributed by atoms with E-state index in [0.717, 1.165) is 0 Å². The van der Waals surface area contributed by atoms with Gasteiger partial charge in [0, 0.05) is 7.05 Å². The summed E-state index contributed by atoms with van der Waals surface area (Å²) in [6, 6.07) is 4.77. The summed E-state index contributed by atoms with van der Waals surface area (Å²) in [5, 5.41) is 21.0. The standard InChI is InChI=1S/C7H9BClNO2/c1-10-7-4-5(8(11)12)2-3-6(7)9/h2-4,10-12H,1H3. The van der Waals surface area contributed by atoms with Crippen molar-refractivity contribution in [2.75, 3.05) is 12.4 Å². The zero-order valence-corrected chi connectivity index (χ0v) is 7.34. The number of benzene rings is 1. The van der Waals surface area contributed by atoms with Crippen LogP contribution in [0.3, 0.4) is 0 Å². The molecule has 0 atom stereocenters. The van der Waals surface area contributed by atoms with Gasteiger partial charge in [0.25, 0.3) is 0 Å². The lowest BCUT2D eigenvalue weighted by atomic mass is 9.80. The van der Waals surface area contributed by atoms with Crippen LogP contribution in [0.15, 0.2) is 18.2 Å². The molecule has 0 aromatic heterocycles. The van der Waals surface area contributed by atoms with E-state index < -0.39 is 7.12 Å². The Morgan fingerprint density at radius 1 is 1.42 bits per heavy atom. The minimum atomic E-state index is -1.45. The highest BCUT2D eigenvalue weighted by Crippen LogP contribution is 2.18. The summed E-state index contributed by atoms with van der Waals surface area (Å²) in [4.78, 5) is 0. The molecular formula is C7H9BClNO2. The fourth-order valence-electron chi connectivity index (χ4n) is 0.895. The van der Waals surface area contributed by atoms with Gasteiger partial charge < -0.3 is 15.4 Å². The molecule has 0 aliphatic carbocycles. The van der Waals surface area contributed by atoms with Crippen LogP contribution in [0.25, 0.3) is 0 Å². The Morgan fingerprint density at radius 3 is 2.58 bits per heavy atom. The third-order valence-corrected chi connectivity index (χ3v) is 1.89. The first kappa shape index (κ1) is 9.38. The van der Waals surface area contributed by atoms with Crippen LogP contribution in [0.2, 0.25) is 5.02 Å². The Balaban J connectivity index is 3.05. The van der Waals surface area contributed by atoms with Gasteiger partial charge in [-0.25, -0.2) is 0 Å². The highest BCUT2D eigenvalue weighted by atomic mass is 35.5. The van der Waals surface area contributed by atoms with Crippen molar-refractivity contribution in [3.8, 4) is 0 Å². The molecule has 3 nitrogen and oxygen atoms in total. The van der Waals surface area contributed by atoms with Crippen LogP contribution in [0.4, 0.5) is 5.69 Å². The van der Waals surface area contributed by atoms with Crippen molar-refractivity contribution in [1.29, 1.82) is 0 Å². The summed E-state index contributed by atoms with van der Waals surface area (Å²) in [6.07, 6.45) is 0. The maximum atomic E-state index is 8.82. The van der Waals surface area contributed by atoms with E-state index in [1.54, 1.807) is 25.2 Å². The lowest BCUT2D eigenvalue weighted by Crippen LogP contribution is -2.29. The third-order valence-electron chi connectivity index (χ3n) is 1.56. The van der Waals surface area contributed by atoms with Gasteiger partial charge in [0.05, 0.1) is 10.7 Å². The van der Waals surface area contributed by atoms with Gasteiger partial charge >= 0.3 is 7.12 Å². The summed E-state index contributed by atoms with van der Waals surface area (Å²) in [5.74, 6) is 0. The summed E-state index contributed by atoms with van der Waals surface area (Å²) < 4.78 is 0. The summed E-state index contributed by atoms with van der Waals surface area (Å²) in [5.41, 5.74) is 1.10. The molecule has 1 aromatic rings. The molecule has 0 saturated carbocycles. The Kier molecular flexibility index (Phi) is 2.97. The zero-order valence-electron chi connectivity index (χ0n) is 6.58. The fraction of sp³-hybridized carbons (Fsp3) is 0.143. The topological polar surface area (TPSA) is 52.5 Å². The molecule has 0 heterocycles. The Morgan fingerprint density at radius 2 is 2.08 bits per heavy atom. The van der Waals surface area contributed by atoms with Crippen molar-refractivity contribution in [1.82, 2.24) is 0 Å². The van der Waals surface area contributed by atoms with E-state index in [1.165, 1.54) is 0 Å². The molecule has 0 spiro atoms. The van der Waals surface area contributed by atoms with E-state index in [2.05, 4.69) is 5.32 Å². The van der Waals surface area contributed by atoms with E-state index in [0.29, 0.717) is 16.2 Å². The zero-order chi connectivity index (χ0) is 9.14. The number of halogens is 1. The van der Waals surface area contributed by atoms with Gasteiger partial charge in [0.15, 0.2) is 0 Å². The first-order valence-corrected chi connectivity index (χ1v) is 3.86. The molecule has 0 radical (unpaired) electrons. The summed E-state index contributed by atoms with van der Waals surface area (Å²) >= 11 is 5.78. The molecule has 0 aliphatic rings. The lowest BCUT2D eigenvalue weighted by molar-refractivity contribution is 0.426. The average molecular weight is 185 g/mol. The van der Waals surface area contributed by atoms with Crippen LogP contribution in [0, 0.1) is 0 Å². The molecule has 1 aromatic carbocycles. The van der Waals surface area contributed by atoms with E-state index >= 15 is 0 Å². The minimum absolute atomic E-state index is 0.420. The van der Waals surface area contributed by atoms with E-state index in [9.17, 15) is 0 Å². The molecule has 64 valence electrons. The van der Waals surface area contributed by atoms with Crippen LogP contribution < -0.4 is 10.8 Å². The predicted molar refractivity (Wildman–Crippen MR) is 50.8 cm³/mol. The van der Waals surface area contributed by atoms with Crippen LogP contribution in [-0.2, 0) is 0 Å². The molecule has 0 fully saturated rings. The van der Waals surface area contributed by atoms with Crippen LogP contribution in [0.5, 0.6) is 0 Å². The number of rotatable bonds is 2. The Bertz CT molecular complexity index is 280. The van der Waals surface area contributed by atoms with Crippen molar-refractivity contribution in [2.45, 2.75) is 0 Å². The molecule has 0 amide bonds. The minimum Gasteiger partial charge on any atom is -0.423 e. The second-order valence-electron chi connectivity index (χ2n) is 2.36. The quantitative estimate of drug-likeness (QED) is 0.571. The fourth-order valence-corrected chi connectivity index (χ4v) is 1.11. The molecule has 5 heteroatoms. The van der Waals surface area contributed by atoms with Crippen molar-refractivity contribution in [3.05, 3.63) is 23.2 Å². The molecule has 12 heavy (non-hydrogen) atoms. The highest BCUT2D eigenvalue weighted by Gasteiger charge is 2.11. The summed E-state index contributed by atoms with van der Waals surface area (Å²) in [6.45, 7) is 0. The van der Waals surface area contributed by atoms with Gasteiger partial charge in [0.2, 0.25) is 0 Å². The average Bonchev–Trinajstić information content (AvgIpc) is 2.05. The Hall–Kier alpha value is -0.705. The first-order valence-electron chi connectivity index (χ1n) is 3.48. The smallest absolute Gasteiger partial charge is 0.423 e.